The van der Waals surface area contributed by atoms with Crippen molar-refractivity contribution in [2.45, 2.75) is 37.8 Å². The fraction of sp³-hybridized carbons (Fsp3) is 0.700. The van der Waals surface area contributed by atoms with Gasteiger partial charge in [-0.05, 0) is 38.8 Å². The zero-order valence-corrected chi connectivity index (χ0v) is 9.17. The lowest BCUT2D eigenvalue weighted by Crippen LogP contribution is -2.32. The highest BCUT2D eigenvalue weighted by atomic mass is 35.5. The van der Waals surface area contributed by atoms with Gasteiger partial charge in [0.2, 0.25) is 0 Å². The van der Waals surface area contributed by atoms with Crippen molar-refractivity contribution in [3.05, 3.63) is 17.4 Å². The van der Waals surface area contributed by atoms with Crippen molar-refractivity contribution in [1.82, 2.24) is 15.1 Å². The minimum Gasteiger partial charge on any atom is -0.317 e. The van der Waals surface area contributed by atoms with E-state index in [9.17, 15) is 0 Å². The van der Waals surface area contributed by atoms with Gasteiger partial charge >= 0.3 is 0 Å². The van der Waals surface area contributed by atoms with Crippen LogP contribution in [0.25, 0.3) is 0 Å². The van der Waals surface area contributed by atoms with Crippen LogP contribution in [0.3, 0.4) is 0 Å². The van der Waals surface area contributed by atoms with Crippen LogP contribution in [0.5, 0.6) is 0 Å². The van der Waals surface area contributed by atoms with Gasteiger partial charge in [-0.3, -0.25) is 4.68 Å². The van der Waals surface area contributed by atoms with Crippen LogP contribution < -0.4 is 5.32 Å². The maximum absolute atomic E-state index is 6.04. The van der Waals surface area contributed by atoms with Gasteiger partial charge in [-0.25, -0.2) is 0 Å². The molecule has 2 atom stereocenters. The Morgan fingerprint density at radius 2 is 2.43 bits per heavy atom. The molecule has 1 fully saturated rings. The Labute approximate surface area is 89.4 Å². The van der Waals surface area contributed by atoms with Crippen LogP contribution in [0.15, 0.2) is 12.3 Å². The third-order valence-electron chi connectivity index (χ3n) is 3.02. The van der Waals surface area contributed by atoms with Gasteiger partial charge < -0.3 is 5.32 Å². The smallest absolute Gasteiger partial charge is 0.127 e. The normalized spacial score (nSPS) is 27.9. The van der Waals surface area contributed by atoms with Crippen molar-refractivity contribution in [3.8, 4) is 0 Å². The summed E-state index contributed by atoms with van der Waals surface area (Å²) in [5.41, 5.74) is 0. The maximum Gasteiger partial charge on any atom is 0.127 e. The second-order valence-electron chi connectivity index (χ2n) is 3.90. The number of halogens is 1. The Bertz CT molecular complexity index is 297. The van der Waals surface area contributed by atoms with E-state index < -0.39 is 0 Å². The van der Waals surface area contributed by atoms with Crippen molar-refractivity contribution in [1.29, 1.82) is 0 Å². The van der Waals surface area contributed by atoms with Crippen molar-refractivity contribution >= 4 is 11.6 Å². The average Bonchev–Trinajstić information content (AvgIpc) is 2.65. The molecule has 3 nitrogen and oxygen atoms in total. The molecule has 2 unspecified atom stereocenters. The zero-order valence-electron chi connectivity index (χ0n) is 8.41. The van der Waals surface area contributed by atoms with E-state index in [4.69, 9.17) is 11.6 Å². The first-order valence-electron chi connectivity index (χ1n) is 5.17. The van der Waals surface area contributed by atoms with E-state index in [1.807, 2.05) is 17.8 Å². The number of aromatic nitrogens is 2. The molecular formula is C10H16ClN3. The topological polar surface area (TPSA) is 29.9 Å². The molecule has 0 spiro atoms. The summed E-state index contributed by atoms with van der Waals surface area (Å²) in [7, 11) is 2.03. The highest BCUT2D eigenvalue weighted by Gasteiger charge is 2.23. The minimum atomic E-state index is 0.476. The highest BCUT2D eigenvalue weighted by molar-refractivity contribution is 6.29. The molecule has 1 saturated carbocycles. The minimum absolute atomic E-state index is 0.476. The standard InChI is InChI=1S/C10H16ClN3/c1-12-8-3-2-4-9(7-8)14-10(11)5-6-13-14/h5-6,8-9,12H,2-4,7H2,1H3. The lowest BCUT2D eigenvalue weighted by molar-refractivity contribution is 0.279. The summed E-state index contributed by atoms with van der Waals surface area (Å²) in [5.74, 6) is 0. The number of rotatable bonds is 2. The van der Waals surface area contributed by atoms with Gasteiger partial charge in [-0.15, -0.1) is 0 Å². The first-order valence-corrected chi connectivity index (χ1v) is 5.55. The lowest BCUT2D eigenvalue weighted by Gasteiger charge is -2.29. The largest absolute Gasteiger partial charge is 0.317 e. The van der Waals surface area contributed by atoms with E-state index in [0.29, 0.717) is 12.1 Å². The van der Waals surface area contributed by atoms with E-state index in [-0.39, 0.29) is 0 Å². The average molecular weight is 214 g/mol. The Balaban J connectivity index is 2.08. The molecule has 78 valence electrons. The molecule has 1 heterocycles. The quantitative estimate of drug-likeness (QED) is 0.817. The molecule has 1 aliphatic carbocycles. The van der Waals surface area contributed by atoms with Gasteiger partial charge in [0.05, 0.1) is 12.2 Å². The molecule has 2 rings (SSSR count). The number of nitrogens with zero attached hydrogens (tertiary/aromatic N) is 2. The molecule has 4 heteroatoms. The summed E-state index contributed by atoms with van der Waals surface area (Å²) in [6, 6.07) is 2.95. The predicted octanol–water partition coefficient (Wildman–Crippen LogP) is 2.24. The van der Waals surface area contributed by atoms with Crippen molar-refractivity contribution in [3.63, 3.8) is 0 Å². The predicted molar refractivity (Wildman–Crippen MR) is 57.6 cm³/mol. The molecule has 0 saturated heterocycles. The molecule has 0 aliphatic heterocycles. The monoisotopic (exact) mass is 213 g/mol. The highest BCUT2D eigenvalue weighted by Crippen LogP contribution is 2.29. The van der Waals surface area contributed by atoms with E-state index in [1.165, 1.54) is 19.3 Å². The van der Waals surface area contributed by atoms with Gasteiger partial charge in [-0.1, -0.05) is 11.6 Å². The Morgan fingerprint density at radius 3 is 3.07 bits per heavy atom. The van der Waals surface area contributed by atoms with Crippen LogP contribution in [0.2, 0.25) is 5.15 Å². The molecule has 0 aromatic carbocycles. The summed E-state index contributed by atoms with van der Waals surface area (Å²) in [4.78, 5) is 0. The SMILES string of the molecule is CNC1CCCC(n2nccc2Cl)C1. The van der Waals surface area contributed by atoms with Crippen molar-refractivity contribution < 1.29 is 0 Å². The second kappa shape index (κ2) is 4.32. The zero-order chi connectivity index (χ0) is 9.97. The molecular weight excluding hydrogens is 198 g/mol. The summed E-state index contributed by atoms with van der Waals surface area (Å²) in [6.07, 6.45) is 6.63. The maximum atomic E-state index is 6.04. The molecule has 0 radical (unpaired) electrons. The third-order valence-corrected chi connectivity index (χ3v) is 3.32. The molecule has 1 N–H and O–H groups in total. The first-order chi connectivity index (χ1) is 6.81. The summed E-state index contributed by atoms with van der Waals surface area (Å²) in [6.45, 7) is 0. The van der Waals surface area contributed by atoms with Gasteiger partial charge in [0, 0.05) is 6.04 Å². The number of nitrogens with one attached hydrogen (secondary N) is 1. The van der Waals surface area contributed by atoms with Gasteiger partial charge in [0.1, 0.15) is 5.15 Å². The molecule has 0 bridgehead atoms. The second-order valence-corrected chi connectivity index (χ2v) is 4.29. The van der Waals surface area contributed by atoms with Crippen LogP contribution in [0, 0.1) is 0 Å². The van der Waals surface area contributed by atoms with Crippen LogP contribution in [0.1, 0.15) is 31.7 Å². The van der Waals surface area contributed by atoms with E-state index in [2.05, 4.69) is 10.4 Å². The first kappa shape index (κ1) is 9.99. The molecule has 1 aromatic rings. The summed E-state index contributed by atoms with van der Waals surface area (Å²) >= 11 is 6.04. The number of hydrogen-bond acceptors (Lipinski definition) is 2. The molecule has 14 heavy (non-hydrogen) atoms. The Kier molecular flexibility index (Phi) is 3.08. The van der Waals surface area contributed by atoms with Gasteiger partial charge in [0.25, 0.3) is 0 Å². The van der Waals surface area contributed by atoms with Gasteiger partial charge in [-0.2, -0.15) is 5.10 Å². The third kappa shape index (κ3) is 1.93. The molecule has 0 amide bonds. The van der Waals surface area contributed by atoms with Crippen molar-refractivity contribution in [2.24, 2.45) is 0 Å². The van der Waals surface area contributed by atoms with E-state index >= 15 is 0 Å². The lowest BCUT2D eigenvalue weighted by atomic mass is 9.91. The molecule has 1 aromatic heterocycles. The summed E-state index contributed by atoms with van der Waals surface area (Å²) < 4.78 is 1.95. The van der Waals surface area contributed by atoms with Crippen LogP contribution in [0.4, 0.5) is 0 Å². The van der Waals surface area contributed by atoms with E-state index in [0.717, 1.165) is 11.6 Å². The summed E-state index contributed by atoms with van der Waals surface area (Å²) in [5, 5.41) is 8.35. The molecule has 1 aliphatic rings. The Morgan fingerprint density at radius 1 is 1.57 bits per heavy atom. The van der Waals surface area contributed by atoms with E-state index in [1.54, 1.807) is 6.20 Å². The van der Waals surface area contributed by atoms with Crippen LogP contribution >= 0.6 is 11.6 Å². The fourth-order valence-electron chi connectivity index (χ4n) is 2.22. The van der Waals surface area contributed by atoms with Gasteiger partial charge in [0.15, 0.2) is 0 Å². The van der Waals surface area contributed by atoms with Crippen LogP contribution in [-0.2, 0) is 0 Å². The Hall–Kier alpha value is -0.540. The number of hydrogen-bond donors (Lipinski definition) is 1. The fourth-order valence-corrected chi connectivity index (χ4v) is 2.45. The van der Waals surface area contributed by atoms with Crippen LogP contribution in [-0.4, -0.2) is 22.9 Å². The van der Waals surface area contributed by atoms with Crippen molar-refractivity contribution in [2.75, 3.05) is 7.05 Å².